The van der Waals surface area contributed by atoms with Gasteiger partial charge in [-0.2, -0.15) is 10.2 Å². The van der Waals surface area contributed by atoms with E-state index in [-0.39, 0.29) is 12.6 Å². The van der Waals surface area contributed by atoms with Crippen LogP contribution >= 0.6 is 15.9 Å². The molecule has 7 nitrogen and oxygen atoms in total. The third-order valence-electron chi connectivity index (χ3n) is 4.46. The minimum absolute atomic E-state index is 0.0840. The molecule has 2 aromatic heterocycles. The highest BCUT2D eigenvalue weighted by Crippen LogP contribution is 2.20. The molecule has 1 N–H and O–H groups in total. The van der Waals surface area contributed by atoms with E-state index in [1.807, 2.05) is 42.8 Å². The van der Waals surface area contributed by atoms with Crippen molar-refractivity contribution in [3.05, 3.63) is 58.1 Å². The van der Waals surface area contributed by atoms with E-state index in [2.05, 4.69) is 38.4 Å². The molecule has 28 heavy (non-hydrogen) atoms. The summed E-state index contributed by atoms with van der Waals surface area (Å²) in [6, 6.07) is 7.99. The molecular formula is C20H24BrN5O2. The molecule has 0 radical (unpaired) electrons. The lowest BCUT2D eigenvalue weighted by molar-refractivity contribution is -0.116. The van der Waals surface area contributed by atoms with E-state index in [1.54, 1.807) is 17.1 Å². The third-order valence-corrected chi connectivity index (χ3v) is 5.60. The van der Waals surface area contributed by atoms with E-state index in [1.165, 1.54) is 5.56 Å². The second-order valence-corrected chi connectivity index (χ2v) is 7.34. The fraction of sp³-hybridized carbons (Fsp3) is 0.350. The fourth-order valence-corrected chi connectivity index (χ4v) is 3.07. The van der Waals surface area contributed by atoms with Gasteiger partial charge in [-0.3, -0.25) is 9.48 Å². The fourth-order valence-electron chi connectivity index (χ4n) is 2.78. The first kappa shape index (κ1) is 20.1. The molecule has 148 valence electrons. The highest BCUT2D eigenvalue weighted by Gasteiger charge is 2.11. The Bertz CT molecular complexity index is 946. The number of nitrogens with zero attached hydrogens (tertiary/aromatic N) is 4. The third kappa shape index (κ3) is 5.01. The second-order valence-electron chi connectivity index (χ2n) is 6.55. The zero-order valence-electron chi connectivity index (χ0n) is 16.3. The van der Waals surface area contributed by atoms with Gasteiger partial charge < -0.3 is 10.1 Å². The predicted octanol–water partition coefficient (Wildman–Crippen LogP) is 4.09. The molecule has 0 spiro atoms. The van der Waals surface area contributed by atoms with Gasteiger partial charge in [0.05, 0.1) is 34.8 Å². The Morgan fingerprint density at radius 3 is 2.64 bits per heavy atom. The number of carbonyl (C=O) groups excluding carboxylic acids is 1. The van der Waals surface area contributed by atoms with E-state index in [0.29, 0.717) is 18.7 Å². The summed E-state index contributed by atoms with van der Waals surface area (Å²) in [7, 11) is 0. The first-order chi connectivity index (χ1) is 13.5. The summed E-state index contributed by atoms with van der Waals surface area (Å²) in [4.78, 5) is 12.2. The Labute approximate surface area is 172 Å². The van der Waals surface area contributed by atoms with Crippen LogP contribution in [-0.4, -0.2) is 25.5 Å². The average Bonchev–Trinajstić information content (AvgIpc) is 3.24. The summed E-state index contributed by atoms with van der Waals surface area (Å²) >= 11 is 3.50. The van der Waals surface area contributed by atoms with Crippen LogP contribution in [0.1, 0.15) is 30.3 Å². The van der Waals surface area contributed by atoms with Crippen LogP contribution in [0.25, 0.3) is 0 Å². The topological polar surface area (TPSA) is 74.0 Å². The van der Waals surface area contributed by atoms with E-state index in [4.69, 9.17) is 4.74 Å². The number of nitrogens with one attached hydrogen (secondary N) is 1. The Morgan fingerprint density at radius 2 is 2.00 bits per heavy atom. The van der Waals surface area contributed by atoms with Crippen molar-refractivity contribution in [1.29, 1.82) is 0 Å². The first-order valence-electron chi connectivity index (χ1n) is 9.19. The van der Waals surface area contributed by atoms with E-state index in [9.17, 15) is 4.79 Å². The smallest absolute Gasteiger partial charge is 0.226 e. The summed E-state index contributed by atoms with van der Waals surface area (Å²) in [5.74, 6) is 0.702. The molecule has 3 aromatic rings. The second kappa shape index (κ2) is 9.05. The van der Waals surface area contributed by atoms with Crippen molar-refractivity contribution in [2.45, 2.75) is 46.9 Å². The molecule has 0 fully saturated rings. The van der Waals surface area contributed by atoms with Crippen LogP contribution in [0.4, 0.5) is 5.69 Å². The molecule has 2 heterocycles. The van der Waals surface area contributed by atoms with Crippen LogP contribution in [0, 0.1) is 13.8 Å². The van der Waals surface area contributed by atoms with E-state index < -0.39 is 0 Å². The summed E-state index contributed by atoms with van der Waals surface area (Å²) < 4.78 is 10.2. The zero-order chi connectivity index (χ0) is 20.1. The number of halogens is 1. The average molecular weight is 446 g/mol. The van der Waals surface area contributed by atoms with Crippen molar-refractivity contribution in [2.24, 2.45) is 0 Å². The van der Waals surface area contributed by atoms with Gasteiger partial charge in [-0.05, 0) is 53.9 Å². The maximum atomic E-state index is 12.2. The van der Waals surface area contributed by atoms with Gasteiger partial charge in [0, 0.05) is 12.1 Å². The van der Waals surface area contributed by atoms with Crippen LogP contribution in [0.3, 0.4) is 0 Å². The monoisotopic (exact) mass is 445 g/mol. The number of aromatic nitrogens is 4. The summed E-state index contributed by atoms with van der Waals surface area (Å²) in [6.07, 6.45) is 4.69. The van der Waals surface area contributed by atoms with Gasteiger partial charge in [-0.15, -0.1) is 0 Å². The van der Waals surface area contributed by atoms with Crippen molar-refractivity contribution in [2.75, 3.05) is 5.32 Å². The summed E-state index contributed by atoms with van der Waals surface area (Å²) in [6.45, 7) is 6.83. The summed E-state index contributed by atoms with van der Waals surface area (Å²) in [5, 5.41) is 11.5. The number of aryl methyl sites for hydroxylation is 3. The lowest BCUT2D eigenvalue weighted by Gasteiger charge is -2.07. The molecule has 0 aliphatic carbocycles. The molecule has 0 aliphatic rings. The van der Waals surface area contributed by atoms with Gasteiger partial charge in [0.2, 0.25) is 5.91 Å². The molecule has 1 amide bonds. The number of hydrogen-bond donors (Lipinski definition) is 1. The highest BCUT2D eigenvalue weighted by molar-refractivity contribution is 9.10. The molecule has 8 heteroatoms. The van der Waals surface area contributed by atoms with Crippen LogP contribution in [0.2, 0.25) is 0 Å². The van der Waals surface area contributed by atoms with E-state index >= 15 is 0 Å². The Morgan fingerprint density at radius 1 is 1.25 bits per heavy atom. The molecule has 0 unspecified atom stereocenters. The molecule has 1 aromatic carbocycles. The Kier molecular flexibility index (Phi) is 6.51. The van der Waals surface area contributed by atoms with E-state index in [0.717, 1.165) is 28.0 Å². The van der Waals surface area contributed by atoms with Crippen LogP contribution in [0.5, 0.6) is 5.75 Å². The Balaban J connectivity index is 1.48. The number of rotatable bonds is 8. The lowest BCUT2D eigenvalue weighted by Crippen LogP contribution is -2.15. The number of benzene rings is 1. The largest absolute Gasteiger partial charge is 0.471 e. The quantitative estimate of drug-likeness (QED) is 0.566. The number of ether oxygens (including phenoxy) is 1. The minimum atomic E-state index is -0.0840. The standard InChI is InChI=1S/C20H24BrN5O2/c1-4-16-5-7-18(8-6-16)28-13-25-12-17(11-22-25)23-19(27)9-10-26-15(3)20(21)14(2)24-26/h5-8,11-12H,4,9-10,13H2,1-3H3,(H,23,27). The molecule has 0 saturated carbocycles. The van der Waals surface area contributed by atoms with Crippen molar-refractivity contribution >= 4 is 27.5 Å². The predicted molar refractivity (Wildman–Crippen MR) is 111 cm³/mol. The van der Waals surface area contributed by atoms with Gasteiger partial charge >= 0.3 is 0 Å². The summed E-state index contributed by atoms with van der Waals surface area (Å²) in [5.41, 5.74) is 3.85. The van der Waals surface area contributed by atoms with Gasteiger partial charge in [0.1, 0.15) is 5.75 Å². The number of carbonyl (C=O) groups is 1. The van der Waals surface area contributed by atoms with Crippen molar-refractivity contribution in [3.63, 3.8) is 0 Å². The van der Waals surface area contributed by atoms with Crippen LogP contribution < -0.4 is 10.1 Å². The van der Waals surface area contributed by atoms with Crippen molar-refractivity contribution in [3.8, 4) is 5.75 Å². The normalized spacial score (nSPS) is 10.9. The lowest BCUT2D eigenvalue weighted by atomic mass is 10.2. The molecule has 0 bridgehead atoms. The molecule has 0 saturated heterocycles. The minimum Gasteiger partial charge on any atom is -0.471 e. The molecular weight excluding hydrogens is 422 g/mol. The maximum Gasteiger partial charge on any atom is 0.226 e. The maximum absolute atomic E-state index is 12.2. The first-order valence-corrected chi connectivity index (χ1v) is 9.99. The highest BCUT2D eigenvalue weighted by atomic mass is 79.9. The van der Waals surface area contributed by atoms with Crippen LogP contribution in [-0.2, 0) is 24.5 Å². The number of anilines is 1. The number of amides is 1. The van der Waals surface area contributed by atoms with Gasteiger partial charge in [-0.25, -0.2) is 4.68 Å². The number of hydrogen-bond acceptors (Lipinski definition) is 4. The molecule has 0 atom stereocenters. The van der Waals surface area contributed by atoms with Gasteiger partial charge in [-0.1, -0.05) is 19.1 Å². The van der Waals surface area contributed by atoms with Gasteiger partial charge in [0.25, 0.3) is 0 Å². The molecule has 0 aliphatic heterocycles. The Hall–Kier alpha value is -2.61. The van der Waals surface area contributed by atoms with Crippen molar-refractivity contribution in [1.82, 2.24) is 19.6 Å². The van der Waals surface area contributed by atoms with Crippen molar-refractivity contribution < 1.29 is 9.53 Å². The molecule has 3 rings (SSSR count). The zero-order valence-corrected chi connectivity index (χ0v) is 17.9. The van der Waals surface area contributed by atoms with Crippen LogP contribution in [0.15, 0.2) is 41.1 Å². The SMILES string of the molecule is CCc1ccc(OCn2cc(NC(=O)CCn3nc(C)c(Br)c3C)cn2)cc1. The van der Waals surface area contributed by atoms with Gasteiger partial charge in [0.15, 0.2) is 6.73 Å².